The summed E-state index contributed by atoms with van der Waals surface area (Å²) in [6, 6.07) is 26.1. The third kappa shape index (κ3) is 9.82. The summed E-state index contributed by atoms with van der Waals surface area (Å²) in [5, 5.41) is 0. The van der Waals surface area contributed by atoms with Crippen LogP contribution < -0.4 is 24.8 Å². The largest absolute Gasteiger partial charge is 1.00 e. The standard InChI is InChI=1S/2C14H15.C2H6Si.2ClH.Hf/c2*1-10-5-4-6-13(9-10)14-11(2)7-8-12(14)3;1-3-2;;;/h2*4-9H,1-3H3;1-2H3;2*1H;/q2*-1;;;;+2/p-2. The Morgan fingerprint density at radius 1 is 0.529 bits per heavy atom. The Labute approximate surface area is 234 Å². The molecule has 0 aromatic heterocycles. The number of hydrogen-bond donors (Lipinski definition) is 0. The molecule has 0 aliphatic heterocycles. The topological polar surface area (TPSA) is 0 Å². The van der Waals surface area contributed by atoms with Gasteiger partial charge in [0.1, 0.15) is 0 Å². The molecular weight excluding hydrogens is 638 g/mol. The van der Waals surface area contributed by atoms with E-state index in [9.17, 15) is 0 Å². The summed E-state index contributed by atoms with van der Waals surface area (Å²) in [5.74, 6) is 0. The zero-order chi connectivity index (χ0) is 23.8. The molecule has 0 aliphatic carbocycles. The van der Waals surface area contributed by atoms with Crippen LogP contribution in [-0.4, -0.2) is 5.49 Å². The van der Waals surface area contributed by atoms with E-state index in [1.54, 1.807) is 0 Å². The molecule has 0 saturated carbocycles. The summed E-state index contributed by atoms with van der Waals surface area (Å²) in [4.78, 5) is 0. The summed E-state index contributed by atoms with van der Waals surface area (Å²) >= 11 is 1.45. The second-order valence-corrected chi connectivity index (χ2v) is 21.7. The van der Waals surface area contributed by atoms with Gasteiger partial charge >= 0.3 is 41.6 Å². The average molecular weight is 674 g/mol. The van der Waals surface area contributed by atoms with Gasteiger partial charge in [-0.15, -0.1) is 81.9 Å². The monoisotopic (exact) mass is 674 g/mol. The number of aryl methyl sites for hydroxylation is 6. The van der Waals surface area contributed by atoms with Gasteiger partial charge in [0.15, 0.2) is 0 Å². The molecule has 0 nitrogen and oxygen atoms in total. The van der Waals surface area contributed by atoms with Gasteiger partial charge in [0.2, 0.25) is 0 Å². The Kier molecular flexibility index (Phi) is 15.2. The molecule has 0 unspecified atom stereocenters. The first kappa shape index (κ1) is 32.8. The Hall–Kier alpha value is -1.19. The average Bonchev–Trinajstić information content (AvgIpc) is 3.22. The van der Waals surface area contributed by atoms with Crippen molar-refractivity contribution in [3.63, 3.8) is 0 Å². The number of rotatable bonds is 2. The van der Waals surface area contributed by atoms with E-state index in [1.165, 1.54) is 78.6 Å². The fourth-order valence-electron chi connectivity index (χ4n) is 3.97. The Morgan fingerprint density at radius 2 is 0.794 bits per heavy atom. The van der Waals surface area contributed by atoms with Gasteiger partial charge in [0.05, 0.1) is 0 Å². The van der Waals surface area contributed by atoms with Gasteiger partial charge in [0, 0.05) is 0 Å². The molecule has 0 fully saturated rings. The van der Waals surface area contributed by atoms with E-state index < -0.39 is 0 Å². The van der Waals surface area contributed by atoms with Crippen LogP contribution in [0, 0.1) is 41.5 Å². The minimum Gasteiger partial charge on any atom is -1.00 e. The van der Waals surface area contributed by atoms with Crippen molar-refractivity contribution in [1.82, 2.24) is 0 Å². The Bertz CT molecular complexity index is 1050. The molecule has 0 spiro atoms. The molecule has 0 bridgehead atoms. The quantitative estimate of drug-likeness (QED) is 0.227. The van der Waals surface area contributed by atoms with Gasteiger partial charge in [-0.2, -0.15) is 0 Å². The third-order valence-electron chi connectivity index (χ3n) is 5.36. The van der Waals surface area contributed by atoms with Gasteiger partial charge in [-0.3, -0.25) is 0 Å². The van der Waals surface area contributed by atoms with Crippen LogP contribution in [0.15, 0.2) is 72.8 Å². The van der Waals surface area contributed by atoms with Crippen molar-refractivity contribution in [1.29, 1.82) is 0 Å². The van der Waals surface area contributed by atoms with Crippen LogP contribution >= 0.6 is 0 Å². The van der Waals surface area contributed by atoms with Gasteiger partial charge in [-0.05, 0) is 13.8 Å². The minimum atomic E-state index is 0. The maximum Gasteiger partial charge on any atom is -0.0469 e. The first-order valence-electron chi connectivity index (χ1n) is 11.2. The van der Waals surface area contributed by atoms with E-state index in [4.69, 9.17) is 0 Å². The molecule has 0 N–H and O–H groups in total. The van der Waals surface area contributed by atoms with E-state index in [2.05, 4.69) is 127 Å². The summed E-state index contributed by atoms with van der Waals surface area (Å²) < 4.78 is 0. The molecule has 0 atom stereocenters. The fraction of sp³-hybridized carbons (Fsp3) is 0.267. The maximum absolute atomic E-state index is 2.33. The van der Waals surface area contributed by atoms with Crippen molar-refractivity contribution in [3.05, 3.63) is 106 Å². The van der Waals surface area contributed by atoms with Crippen LogP contribution in [0.1, 0.15) is 33.4 Å². The number of hydrogen-bond acceptors (Lipinski definition) is 0. The number of halogens is 2. The summed E-state index contributed by atoms with van der Waals surface area (Å²) in [7, 11) is 0. The fourth-order valence-corrected chi connectivity index (χ4v) is 3.97. The van der Waals surface area contributed by atoms with Gasteiger partial charge in [0.25, 0.3) is 0 Å². The summed E-state index contributed by atoms with van der Waals surface area (Å²) in [6.07, 6.45) is 0. The van der Waals surface area contributed by atoms with Crippen molar-refractivity contribution in [3.8, 4) is 22.3 Å². The first-order valence-corrected chi connectivity index (χ1v) is 19.1. The molecule has 0 radical (unpaired) electrons. The van der Waals surface area contributed by atoms with Crippen molar-refractivity contribution < 1.29 is 47.8 Å². The molecule has 4 aromatic carbocycles. The smallest absolute Gasteiger partial charge is 0.0469 e. The van der Waals surface area contributed by atoms with Crippen LogP contribution in [0.4, 0.5) is 0 Å². The van der Waals surface area contributed by atoms with Crippen LogP contribution in [0.2, 0.25) is 13.1 Å². The van der Waals surface area contributed by atoms with Gasteiger partial charge < -0.3 is 24.8 Å². The second-order valence-electron chi connectivity index (χ2n) is 8.89. The molecular formula is C30H36Cl2HfSi-2. The molecule has 0 amide bonds. The van der Waals surface area contributed by atoms with E-state index in [0.29, 0.717) is 0 Å². The molecule has 34 heavy (non-hydrogen) atoms. The van der Waals surface area contributed by atoms with E-state index in [-0.39, 0.29) is 30.3 Å². The normalized spacial score (nSPS) is 9.47. The zero-order valence-corrected chi connectivity index (χ0v) is 27.8. The molecule has 180 valence electrons. The van der Waals surface area contributed by atoms with E-state index in [0.717, 1.165) is 0 Å². The zero-order valence-electron chi connectivity index (χ0n) is 21.7. The van der Waals surface area contributed by atoms with E-state index in [1.807, 2.05) is 0 Å². The molecule has 0 heterocycles. The van der Waals surface area contributed by atoms with Gasteiger partial charge in [-0.25, -0.2) is 0 Å². The predicted molar refractivity (Wildman–Crippen MR) is 141 cm³/mol. The minimum absolute atomic E-state index is 0. The predicted octanol–water partition coefficient (Wildman–Crippen LogP) is 2.79. The third-order valence-corrected chi connectivity index (χ3v) is 5.36. The van der Waals surface area contributed by atoms with Crippen LogP contribution in [0.5, 0.6) is 0 Å². The van der Waals surface area contributed by atoms with Crippen LogP contribution in [-0.2, 0) is 23.0 Å². The SMILES string of the molecule is C[Si](C)=[Hf+2].Cc1cccc(-[c-]2c(C)ccc2C)c1.Cc1cccc(-[c-]2c(C)ccc2C)c1.[Cl-].[Cl-]. The summed E-state index contributed by atoms with van der Waals surface area (Å²) in [5.41, 5.74) is 13.8. The molecule has 0 aliphatic rings. The van der Waals surface area contributed by atoms with Crippen molar-refractivity contribution in [2.45, 2.75) is 54.6 Å². The van der Waals surface area contributed by atoms with Crippen molar-refractivity contribution >= 4 is 5.49 Å². The number of benzene rings is 2. The molecule has 0 saturated heterocycles. The Morgan fingerprint density at radius 3 is 1.03 bits per heavy atom. The van der Waals surface area contributed by atoms with E-state index >= 15 is 0 Å². The van der Waals surface area contributed by atoms with Crippen LogP contribution in [0.25, 0.3) is 22.3 Å². The summed E-state index contributed by atoms with van der Waals surface area (Å²) in [6.45, 7) is 17.6. The Balaban J connectivity index is 0.000000528. The molecule has 4 heteroatoms. The van der Waals surface area contributed by atoms with Crippen LogP contribution in [0.3, 0.4) is 0 Å². The van der Waals surface area contributed by atoms with Crippen molar-refractivity contribution in [2.75, 3.05) is 0 Å². The molecule has 4 rings (SSSR count). The second kappa shape index (κ2) is 15.7. The maximum atomic E-state index is 2.33. The first-order chi connectivity index (χ1) is 15.1. The van der Waals surface area contributed by atoms with Crippen molar-refractivity contribution in [2.24, 2.45) is 0 Å². The molecule has 4 aromatic rings. The van der Waals surface area contributed by atoms with Gasteiger partial charge in [-0.1, -0.05) is 74.2 Å².